The minimum absolute atomic E-state index is 0.128. The third-order valence-corrected chi connectivity index (χ3v) is 3.17. The third kappa shape index (κ3) is 3.21. The molecular formula is C14H21NO3. The van der Waals surface area contributed by atoms with Crippen LogP contribution in [0.2, 0.25) is 0 Å². The Balaban J connectivity index is 1.81. The Hall–Kier alpha value is -1.13. The maximum Gasteiger partial charge on any atom is 0.163 e. The first kappa shape index (κ1) is 13.3. The van der Waals surface area contributed by atoms with Crippen LogP contribution in [0.1, 0.15) is 31.5 Å². The predicted molar refractivity (Wildman–Crippen MR) is 68.7 cm³/mol. The number of hydrogen-bond acceptors (Lipinski definition) is 4. The lowest BCUT2D eigenvalue weighted by Crippen LogP contribution is -2.22. The summed E-state index contributed by atoms with van der Waals surface area (Å²) in [7, 11) is 0. The Morgan fingerprint density at radius 2 is 2.22 bits per heavy atom. The average molecular weight is 251 g/mol. The zero-order valence-electron chi connectivity index (χ0n) is 11.5. The van der Waals surface area contributed by atoms with Gasteiger partial charge in [-0.25, -0.2) is 0 Å². The summed E-state index contributed by atoms with van der Waals surface area (Å²) < 4.78 is 17.0. The summed E-state index contributed by atoms with van der Waals surface area (Å²) in [5.41, 5.74) is 2.11. The van der Waals surface area contributed by atoms with Crippen molar-refractivity contribution in [2.24, 2.45) is 0 Å². The molecule has 1 unspecified atom stereocenters. The topological polar surface area (TPSA) is 40.6 Å². The molecule has 0 bridgehead atoms. The minimum atomic E-state index is -0.451. The number of rotatable bonds is 4. The van der Waals surface area contributed by atoms with E-state index in [0.29, 0.717) is 13.2 Å². The van der Waals surface area contributed by atoms with E-state index in [-0.39, 0.29) is 6.10 Å². The molecule has 2 rings (SSSR count). The second-order valence-corrected chi connectivity index (χ2v) is 5.11. The van der Waals surface area contributed by atoms with Gasteiger partial charge in [0.25, 0.3) is 0 Å². The molecule has 1 atom stereocenters. The quantitative estimate of drug-likeness (QED) is 0.824. The molecule has 0 radical (unpaired) electrons. The third-order valence-electron chi connectivity index (χ3n) is 3.17. The molecule has 1 aliphatic heterocycles. The summed E-state index contributed by atoms with van der Waals surface area (Å²) in [5, 5.41) is 0. The van der Waals surface area contributed by atoms with Crippen LogP contribution in [-0.2, 0) is 9.47 Å². The van der Waals surface area contributed by atoms with E-state index >= 15 is 0 Å². The SMILES string of the molecule is Cc1nccc(OCCC2COC(C)(C)O2)c1C. The Morgan fingerprint density at radius 3 is 2.89 bits per heavy atom. The van der Waals surface area contributed by atoms with Crippen molar-refractivity contribution in [3.8, 4) is 5.75 Å². The molecule has 0 spiro atoms. The highest BCUT2D eigenvalue weighted by molar-refractivity contribution is 5.33. The highest BCUT2D eigenvalue weighted by atomic mass is 16.7. The summed E-state index contributed by atoms with van der Waals surface area (Å²) in [6, 6.07) is 1.90. The zero-order chi connectivity index (χ0) is 13.2. The minimum Gasteiger partial charge on any atom is -0.493 e. The van der Waals surface area contributed by atoms with Crippen molar-refractivity contribution in [2.45, 2.75) is 46.0 Å². The van der Waals surface area contributed by atoms with Crippen molar-refractivity contribution in [2.75, 3.05) is 13.2 Å². The van der Waals surface area contributed by atoms with Gasteiger partial charge in [0, 0.05) is 23.9 Å². The summed E-state index contributed by atoms with van der Waals surface area (Å²) in [5.74, 6) is 0.453. The van der Waals surface area contributed by atoms with E-state index in [1.165, 1.54) is 0 Å². The Bertz CT molecular complexity index is 418. The van der Waals surface area contributed by atoms with Crippen molar-refractivity contribution in [3.63, 3.8) is 0 Å². The van der Waals surface area contributed by atoms with Crippen LogP contribution in [0.5, 0.6) is 5.75 Å². The molecule has 1 aliphatic rings. The standard InChI is InChI=1S/C14H21NO3/c1-10-11(2)15-7-5-13(10)16-8-6-12-9-17-14(3,4)18-12/h5,7,12H,6,8-9H2,1-4H3. The summed E-state index contributed by atoms with van der Waals surface area (Å²) >= 11 is 0. The van der Waals surface area contributed by atoms with Crippen LogP contribution < -0.4 is 4.74 Å². The van der Waals surface area contributed by atoms with Gasteiger partial charge in [0.15, 0.2) is 5.79 Å². The van der Waals surface area contributed by atoms with Crippen molar-refractivity contribution < 1.29 is 14.2 Å². The number of nitrogens with zero attached hydrogens (tertiary/aromatic N) is 1. The zero-order valence-corrected chi connectivity index (χ0v) is 11.5. The Labute approximate surface area is 108 Å². The molecule has 1 fully saturated rings. The lowest BCUT2D eigenvalue weighted by Gasteiger charge is -2.17. The number of hydrogen-bond donors (Lipinski definition) is 0. The fraction of sp³-hybridized carbons (Fsp3) is 0.643. The van der Waals surface area contributed by atoms with Gasteiger partial charge < -0.3 is 14.2 Å². The van der Waals surface area contributed by atoms with Crippen molar-refractivity contribution in [1.29, 1.82) is 0 Å². The number of ether oxygens (including phenoxy) is 3. The lowest BCUT2D eigenvalue weighted by atomic mass is 10.2. The molecule has 2 heterocycles. The van der Waals surface area contributed by atoms with Crippen molar-refractivity contribution in [1.82, 2.24) is 4.98 Å². The van der Waals surface area contributed by atoms with Gasteiger partial charge in [-0.3, -0.25) is 4.98 Å². The van der Waals surface area contributed by atoms with Crippen LogP contribution >= 0.6 is 0 Å². The molecule has 18 heavy (non-hydrogen) atoms. The number of aryl methyl sites for hydroxylation is 1. The molecule has 0 amide bonds. The fourth-order valence-corrected chi connectivity index (χ4v) is 1.98. The first-order valence-corrected chi connectivity index (χ1v) is 6.35. The average Bonchev–Trinajstić information content (AvgIpc) is 2.64. The van der Waals surface area contributed by atoms with E-state index < -0.39 is 5.79 Å². The molecule has 0 saturated carbocycles. The molecule has 100 valence electrons. The molecule has 4 heteroatoms. The van der Waals surface area contributed by atoms with Gasteiger partial charge in [-0.15, -0.1) is 0 Å². The Morgan fingerprint density at radius 1 is 1.44 bits per heavy atom. The van der Waals surface area contributed by atoms with E-state index in [0.717, 1.165) is 23.4 Å². The smallest absolute Gasteiger partial charge is 0.163 e. The summed E-state index contributed by atoms with van der Waals surface area (Å²) in [6.45, 7) is 9.15. The fourth-order valence-electron chi connectivity index (χ4n) is 1.98. The highest BCUT2D eigenvalue weighted by Crippen LogP contribution is 2.24. The second-order valence-electron chi connectivity index (χ2n) is 5.11. The first-order chi connectivity index (χ1) is 8.48. The van der Waals surface area contributed by atoms with E-state index in [9.17, 15) is 0 Å². The van der Waals surface area contributed by atoms with E-state index in [2.05, 4.69) is 4.98 Å². The Kier molecular flexibility index (Phi) is 3.88. The molecule has 1 saturated heterocycles. The maximum absolute atomic E-state index is 5.77. The van der Waals surface area contributed by atoms with Crippen LogP contribution in [-0.4, -0.2) is 30.1 Å². The van der Waals surface area contributed by atoms with Gasteiger partial charge in [0.05, 0.1) is 19.3 Å². The lowest BCUT2D eigenvalue weighted by molar-refractivity contribution is -0.139. The van der Waals surface area contributed by atoms with Crippen LogP contribution in [0.3, 0.4) is 0 Å². The van der Waals surface area contributed by atoms with Gasteiger partial charge in [-0.2, -0.15) is 0 Å². The first-order valence-electron chi connectivity index (χ1n) is 6.35. The number of pyridine rings is 1. The summed E-state index contributed by atoms with van der Waals surface area (Å²) in [4.78, 5) is 4.22. The molecular weight excluding hydrogens is 230 g/mol. The largest absolute Gasteiger partial charge is 0.493 e. The van der Waals surface area contributed by atoms with Gasteiger partial charge >= 0.3 is 0 Å². The highest BCUT2D eigenvalue weighted by Gasteiger charge is 2.32. The van der Waals surface area contributed by atoms with Crippen LogP contribution in [0.15, 0.2) is 12.3 Å². The van der Waals surface area contributed by atoms with E-state index in [1.807, 2.05) is 33.8 Å². The van der Waals surface area contributed by atoms with Gasteiger partial charge in [-0.1, -0.05) is 0 Å². The molecule has 0 N–H and O–H groups in total. The van der Waals surface area contributed by atoms with Gasteiger partial charge in [0.1, 0.15) is 5.75 Å². The molecule has 1 aromatic rings. The molecule has 4 nitrogen and oxygen atoms in total. The molecule has 0 aromatic carbocycles. The van der Waals surface area contributed by atoms with Crippen LogP contribution in [0.4, 0.5) is 0 Å². The van der Waals surface area contributed by atoms with Crippen LogP contribution in [0, 0.1) is 13.8 Å². The number of aromatic nitrogens is 1. The molecule has 1 aromatic heterocycles. The van der Waals surface area contributed by atoms with Crippen molar-refractivity contribution >= 4 is 0 Å². The summed E-state index contributed by atoms with van der Waals surface area (Å²) in [6.07, 6.45) is 2.74. The normalized spacial score (nSPS) is 22.1. The maximum atomic E-state index is 5.77. The second kappa shape index (κ2) is 5.24. The van der Waals surface area contributed by atoms with E-state index in [4.69, 9.17) is 14.2 Å². The van der Waals surface area contributed by atoms with Gasteiger partial charge in [-0.05, 0) is 33.8 Å². The monoisotopic (exact) mass is 251 g/mol. The van der Waals surface area contributed by atoms with Gasteiger partial charge in [0.2, 0.25) is 0 Å². The molecule has 0 aliphatic carbocycles. The predicted octanol–water partition coefficient (Wildman–Crippen LogP) is 2.62. The van der Waals surface area contributed by atoms with Crippen molar-refractivity contribution in [3.05, 3.63) is 23.5 Å². The van der Waals surface area contributed by atoms with Crippen LogP contribution in [0.25, 0.3) is 0 Å². The van der Waals surface area contributed by atoms with E-state index in [1.54, 1.807) is 6.20 Å².